The molecular formula is C32H27FN4O4S. The quantitative estimate of drug-likeness (QED) is 0.146. The fourth-order valence-corrected chi connectivity index (χ4v) is 4.67. The van der Waals surface area contributed by atoms with Gasteiger partial charge in [-0.25, -0.2) is 4.39 Å². The Morgan fingerprint density at radius 1 is 0.810 bits per heavy atom. The third-order valence-corrected chi connectivity index (χ3v) is 7.09. The number of para-hydroxylation sites is 1. The molecule has 0 aromatic heterocycles. The van der Waals surface area contributed by atoms with Gasteiger partial charge in [0.25, 0.3) is 17.7 Å². The summed E-state index contributed by atoms with van der Waals surface area (Å²) in [7, 11) is 0. The molecule has 1 unspecified atom stereocenters. The van der Waals surface area contributed by atoms with E-state index in [1.54, 1.807) is 85.8 Å². The molecule has 0 saturated carbocycles. The zero-order chi connectivity index (χ0) is 30.1. The molecular weight excluding hydrogens is 555 g/mol. The molecule has 8 nitrogen and oxygen atoms in total. The maximum Gasteiger partial charge on any atom is 0.272 e. The Morgan fingerprint density at radius 2 is 1.45 bits per heavy atom. The lowest BCUT2D eigenvalue weighted by molar-refractivity contribution is -0.115. The third-order valence-electron chi connectivity index (χ3n) is 5.98. The number of carbonyl (C=O) groups excluding carboxylic acids is 4. The van der Waals surface area contributed by atoms with Gasteiger partial charge in [-0.1, -0.05) is 48.5 Å². The van der Waals surface area contributed by atoms with Gasteiger partial charge >= 0.3 is 0 Å². The Bertz CT molecular complexity index is 1640. The van der Waals surface area contributed by atoms with Gasteiger partial charge in [-0.3, -0.25) is 19.2 Å². The molecule has 0 heterocycles. The number of nitrogens with one attached hydrogen (secondary N) is 3. The second kappa shape index (κ2) is 13.9. The average molecular weight is 583 g/mol. The summed E-state index contributed by atoms with van der Waals surface area (Å²) in [6.45, 7) is 1.72. The number of hydrogen-bond donors (Lipinski definition) is 4. The van der Waals surface area contributed by atoms with Gasteiger partial charge in [-0.15, -0.1) is 11.8 Å². The van der Waals surface area contributed by atoms with Crippen LogP contribution in [0.3, 0.4) is 0 Å². The highest BCUT2D eigenvalue weighted by Crippen LogP contribution is 2.26. The lowest BCUT2D eigenvalue weighted by atomic mass is 10.1. The van der Waals surface area contributed by atoms with Crippen LogP contribution in [-0.4, -0.2) is 28.9 Å². The first kappa shape index (κ1) is 29.8. The number of benzene rings is 4. The van der Waals surface area contributed by atoms with Crippen LogP contribution in [0.4, 0.5) is 15.8 Å². The van der Waals surface area contributed by atoms with E-state index in [9.17, 15) is 23.6 Å². The topological polar surface area (TPSA) is 130 Å². The van der Waals surface area contributed by atoms with Crippen molar-refractivity contribution in [2.75, 3.05) is 10.6 Å². The van der Waals surface area contributed by atoms with Gasteiger partial charge in [0.1, 0.15) is 11.5 Å². The summed E-state index contributed by atoms with van der Waals surface area (Å²) in [5.41, 5.74) is 6.68. The van der Waals surface area contributed by atoms with Crippen molar-refractivity contribution < 1.29 is 23.6 Å². The van der Waals surface area contributed by atoms with Gasteiger partial charge in [0.15, 0.2) is 0 Å². The van der Waals surface area contributed by atoms with Crippen molar-refractivity contribution in [1.29, 1.82) is 0 Å². The number of amides is 4. The fourth-order valence-electron chi connectivity index (χ4n) is 3.80. The van der Waals surface area contributed by atoms with Crippen molar-refractivity contribution in [1.82, 2.24) is 5.32 Å². The number of thioether (sulfide) groups is 1. The minimum absolute atomic E-state index is 0.133. The summed E-state index contributed by atoms with van der Waals surface area (Å²) in [5.74, 6) is -2.68. The molecule has 4 aromatic rings. The first-order valence-electron chi connectivity index (χ1n) is 12.8. The summed E-state index contributed by atoms with van der Waals surface area (Å²) >= 11 is 1.28. The largest absolute Gasteiger partial charge is 0.366 e. The van der Waals surface area contributed by atoms with E-state index in [1.807, 2.05) is 0 Å². The lowest BCUT2D eigenvalue weighted by Gasteiger charge is -2.14. The molecule has 0 aliphatic rings. The van der Waals surface area contributed by atoms with Gasteiger partial charge in [0.05, 0.1) is 16.5 Å². The van der Waals surface area contributed by atoms with Crippen molar-refractivity contribution in [3.05, 3.63) is 131 Å². The molecule has 0 aliphatic heterocycles. The Balaban J connectivity index is 1.44. The fraction of sp³-hybridized carbons (Fsp3) is 0.0625. The number of halogens is 1. The predicted molar refractivity (Wildman–Crippen MR) is 162 cm³/mol. The predicted octanol–water partition coefficient (Wildman–Crippen LogP) is 5.45. The van der Waals surface area contributed by atoms with Gasteiger partial charge in [-0.05, 0) is 67.6 Å². The van der Waals surface area contributed by atoms with Crippen LogP contribution in [-0.2, 0) is 9.59 Å². The Kier molecular flexibility index (Phi) is 9.85. The van der Waals surface area contributed by atoms with Gasteiger partial charge < -0.3 is 21.7 Å². The lowest BCUT2D eigenvalue weighted by Crippen LogP contribution is -2.30. The molecule has 4 amide bonds. The standard InChI is InChI=1S/C32H27FN4O4S/c1-20(30(39)36-27-14-8-6-12-25(27)29(34)38)42-24-17-15-23(16-18-24)35-32(41)28(19-22-11-5-7-13-26(22)33)37-31(40)21-9-3-2-4-10-21/h2-20H,1H3,(H2,34,38)(H,35,41)(H,36,39)(H,37,40)/b28-19-. The van der Waals surface area contributed by atoms with Crippen LogP contribution in [0.25, 0.3) is 6.08 Å². The highest BCUT2D eigenvalue weighted by Gasteiger charge is 2.18. The maximum atomic E-state index is 14.3. The molecule has 212 valence electrons. The van der Waals surface area contributed by atoms with Gasteiger partial charge in [-0.2, -0.15) is 0 Å². The van der Waals surface area contributed by atoms with Crippen molar-refractivity contribution in [3.8, 4) is 0 Å². The summed E-state index contributed by atoms with van der Waals surface area (Å²) in [6.07, 6.45) is 1.27. The minimum Gasteiger partial charge on any atom is -0.366 e. The zero-order valence-corrected chi connectivity index (χ0v) is 23.3. The minimum atomic E-state index is -0.649. The number of hydrogen-bond acceptors (Lipinski definition) is 5. The second-order valence-electron chi connectivity index (χ2n) is 9.04. The van der Waals surface area contributed by atoms with E-state index in [1.165, 1.54) is 42.1 Å². The van der Waals surface area contributed by atoms with Crippen molar-refractivity contribution in [3.63, 3.8) is 0 Å². The van der Waals surface area contributed by atoms with E-state index in [-0.39, 0.29) is 22.7 Å². The monoisotopic (exact) mass is 582 g/mol. The first-order chi connectivity index (χ1) is 20.2. The average Bonchev–Trinajstić information content (AvgIpc) is 2.99. The molecule has 4 rings (SSSR count). The normalized spacial score (nSPS) is 11.7. The van der Waals surface area contributed by atoms with Crippen LogP contribution in [0.2, 0.25) is 0 Å². The van der Waals surface area contributed by atoms with Gasteiger partial charge in [0, 0.05) is 21.7 Å². The van der Waals surface area contributed by atoms with Gasteiger partial charge in [0.2, 0.25) is 5.91 Å². The molecule has 4 aromatic carbocycles. The smallest absolute Gasteiger partial charge is 0.272 e. The molecule has 10 heteroatoms. The SMILES string of the molecule is CC(Sc1ccc(NC(=O)/C(=C/c2ccccc2F)NC(=O)c2ccccc2)cc1)C(=O)Nc1ccccc1C(N)=O. The Hall–Kier alpha value is -5.22. The molecule has 0 saturated heterocycles. The zero-order valence-electron chi connectivity index (χ0n) is 22.5. The molecule has 5 N–H and O–H groups in total. The van der Waals surface area contributed by atoms with Crippen LogP contribution in [0.15, 0.2) is 114 Å². The van der Waals surface area contributed by atoms with E-state index >= 15 is 0 Å². The second-order valence-corrected chi connectivity index (χ2v) is 10.5. The van der Waals surface area contributed by atoms with Crippen LogP contribution in [0, 0.1) is 5.82 Å². The summed E-state index contributed by atoms with van der Waals surface area (Å²) in [6, 6.07) is 27.5. The highest BCUT2D eigenvalue weighted by atomic mass is 32.2. The number of anilines is 2. The van der Waals surface area contributed by atoms with Crippen LogP contribution in [0.5, 0.6) is 0 Å². The number of rotatable bonds is 10. The van der Waals surface area contributed by atoms with E-state index in [0.29, 0.717) is 16.9 Å². The molecule has 0 radical (unpaired) electrons. The Morgan fingerprint density at radius 3 is 2.14 bits per heavy atom. The maximum absolute atomic E-state index is 14.3. The van der Waals surface area contributed by atoms with Crippen LogP contribution >= 0.6 is 11.8 Å². The van der Waals surface area contributed by atoms with Crippen LogP contribution < -0.4 is 21.7 Å². The Labute approximate surface area is 246 Å². The van der Waals surface area contributed by atoms with E-state index < -0.39 is 28.8 Å². The molecule has 1 atom stereocenters. The molecule has 0 bridgehead atoms. The summed E-state index contributed by atoms with van der Waals surface area (Å²) in [5, 5.41) is 7.50. The van der Waals surface area contributed by atoms with Crippen molar-refractivity contribution in [2.24, 2.45) is 5.73 Å². The summed E-state index contributed by atoms with van der Waals surface area (Å²) in [4.78, 5) is 51.1. The number of primary amides is 1. The molecule has 0 fully saturated rings. The van der Waals surface area contributed by atoms with Crippen LogP contribution in [0.1, 0.15) is 33.2 Å². The molecule has 42 heavy (non-hydrogen) atoms. The van der Waals surface area contributed by atoms with Crippen molar-refractivity contribution >= 4 is 52.8 Å². The summed E-state index contributed by atoms with van der Waals surface area (Å²) < 4.78 is 14.3. The van der Waals surface area contributed by atoms with E-state index in [4.69, 9.17) is 5.73 Å². The highest BCUT2D eigenvalue weighted by molar-refractivity contribution is 8.00. The van der Waals surface area contributed by atoms with E-state index in [0.717, 1.165) is 4.90 Å². The molecule has 0 aliphatic carbocycles. The number of carbonyl (C=O) groups is 4. The molecule has 0 spiro atoms. The van der Waals surface area contributed by atoms with Crippen molar-refractivity contribution in [2.45, 2.75) is 17.1 Å². The number of nitrogens with two attached hydrogens (primary N) is 1. The first-order valence-corrected chi connectivity index (χ1v) is 13.7. The van der Waals surface area contributed by atoms with E-state index in [2.05, 4.69) is 16.0 Å². The third kappa shape index (κ3) is 7.92.